The zero-order chi connectivity index (χ0) is 24.4. The average molecular weight is 504 g/mol. The summed E-state index contributed by atoms with van der Waals surface area (Å²) >= 11 is 6.86. The molecule has 0 saturated carbocycles. The molecule has 1 amide bonds. The van der Waals surface area contributed by atoms with Crippen molar-refractivity contribution < 1.29 is 4.79 Å². The molecule has 1 aromatic heterocycles. The topological polar surface area (TPSA) is 45.6 Å². The highest BCUT2D eigenvalue weighted by Gasteiger charge is 2.32. The normalized spacial score (nSPS) is 18.0. The molecule has 0 atom stereocenters. The monoisotopic (exact) mass is 503 g/mol. The molecule has 180 valence electrons. The van der Waals surface area contributed by atoms with Crippen LogP contribution in [0.5, 0.6) is 0 Å². The van der Waals surface area contributed by atoms with Gasteiger partial charge in [0, 0.05) is 32.1 Å². The molecular weight excluding hydrogens is 474 g/mol. The number of fused-ring (bicyclic) bond motifs is 1. The summed E-state index contributed by atoms with van der Waals surface area (Å²) in [5, 5.41) is 1.04. The van der Waals surface area contributed by atoms with E-state index in [9.17, 15) is 9.59 Å². The molecule has 5 rings (SSSR count). The standard InChI is InChI=1S/C28H29N3O2S2/c1-29-23-14-8-7-13-21(23)25(30-16-9-2-3-10-17-30)22(26(29)32)19-24-27(33)31(28(34)35-24)18-15-20-11-5-4-6-12-20/h4-8,11-14,19H,2-3,9-10,15-18H2,1H3. The number of nitrogens with zero attached hydrogens (tertiary/aromatic N) is 3. The van der Waals surface area contributed by atoms with E-state index in [-0.39, 0.29) is 11.5 Å². The van der Waals surface area contributed by atoms with Crippen LogP contribution in [-0.2, 0) is 18.3 Å². The summed E-state index contributed by atoms with van der Waals surface area (Å²) < 4.78 is 2.24. The van der Waals surface area contributed by atoms with Crippen molar-refractivity contribution in [3.63, 3.8) is 0 Å². The highest BCUT2D eigenvalue weighted by molar-refractivity contribution is 8.26. The fourth-order valence-electron chi connectivity index (χ4n) is 4.98. The lowest BCUT2D eigenvalue weighted by Gasteiger charge is -2.27. The van der Waals surface area contributed by atoms with Gasteiger partial charge < -0.3 is 9.47 Å². The first kappa shape index (κ1) is 23.8. The summed E-state index contributed by atoms with van der Waals surface area (Å²) in [6, 6.07) is 18.1. The Morgan fingerprint density at radius 2 is 1.63 bits per heavy atom. The van der Waals surface area contributed by atoms with Gasteiger partial charge >= 0.3 is 0 Å². The Bertz CT molecular complexity index is 1360. The molecule has 7 heteroatoms. The Balaban J connectivity index is 1.55. The first-order chi connectivity index (χ1) is 17.0. The molecule has 2 aromatic carbocycles. The zero-order valence-electron chi connectivity index (χ0n) is 19.9. The third-order valence-corrected chi connectivity index (χ3v) is 8.23. The highest BCUT2D eigenvalue weighted by Crippen LogP contribution is 2.36. The lowest BCUT2D eigenvalue weighted by atomic mass is 10.1. The third kappa shape index (κ3) is 4.80. The minimum Gasteiger partial charge on any atom is -0.370 e. The molecule has 3 aromatic rings. The minimum atomic E-state index is -0.118. The van der Waals surface area contributed by atoms with Crippen LogP contribution in [0, 0.1) is 0 Å². The van der Waals surface area contributed by atoms with Gasteiger partial charge in [-0.3, -0.25) is 14.5 Å². The molecule has 35 heavy (non-hydrogen) atoms. The first-order valence-electron chi connectivity index (χ1n) is 12.2. The molecule has 0 spiro atoms. The number of aryl methyl sites for hydroxylation is 1. The Morgan fingerprint density at radius 1 is 0.943 bits per heavy atom. The van der Waals surface area contributed by atoms with Crippen molar-refractivity contribution in [1.29, 1.82) is 0 Å². The lowest BCUT2D eigenvalue weighted by Crippen LogP contribution is -2.31. The van der Waals surface area contributed by atoms with E-state index in [0.29, 0.717) is 21.3 Å². The minimum absolute atomic E-state index is 0.0856. The smallest absolute Gasteiger partial charge is 0.266 e. The highest BCUT2D eigenvalue weighted by atomic mass is 32.2. The van der Waals surface area contributed by atoms with Crippen LogP contribution in [0.25, 0.3) is 17.0 Å². The fraction of sp³-hybridized carbons (Fsp3) is 0.321. The van der Waals surface area contributed by atoms with E-state index in [1.165, 1.54) is 24.6 Å². The van der Waals surface area contributed by atoms with Crippen LogP contribution in [0.1, 0.15) is 36.8 Å². The Hall–Kier alpha value is -2.90. The van der Waals surface area contributed by atoms with Gasteiger partial charge in [0.05, 0.1) is 21.7 Å². The molecule has 0 bridgehead atoms. The molecule has 0 radical (unpaired) electrons. The maximum atomic E-state index is 13.6. The summed E-state index contributed by atoms with van der Waals surface area (Å²) in [7, 11) is 1.80. The van der Waals surface area contributed by atoms with Gasteiger partial charge in [-0.25, -0.2) is 0 Å². The molecule has 0 N–H and O–H groups in total. The number of anilines is 1. The fourth-order valence-corrected chi connectivity index (χ4v) is 6.27. The molecular formula is C28H29N3O2S2. The largest absolute Gasteiger partial charge is 0.370 e. The van der Waals surface area contributed by atoms with Crippen molar-refractivity contribution in [2.75, 3.05) is 24.5 Å². The van der Waals surface area contributed by atoms with Gasteiger partial charge in [-0.15, -0.1) is 0 Å². The van der Waals surface area contributed by atoms with Crippen molar-refractivity contribution >= 4 is 56.9 Å². The van der Waals surface area contributed by atoms with E-state index >= 15 is 0 Å². The number of benzene rings is 2. The number of hydrogen-bond donors (Lipinski definition) is 0. The molecule has 0 unspecified atom stereocenters. The summed E-state index contributed by atoms with van der Waals surface area (Å²) in [6.45, 7) is 2.35. The van der Waals surface area contributed by atoms with Gasteiger partial charge in [0.15, 0.2) is 0 Å². The van der Waals surface area contributed by atoms with Crippen LogP contribution in [0.4, 0.5) is 5.69 Å². The average Bonchev–Trinajstić information content (AvgIpc) is 3.03. The van der Waals surface area contributed by atoms with E-state index in [1.807, 2.05) is 36.4 Å². The van der Waals surface area contributed by atoms with Crippen molar-refractivity contribution in [2.45, 2.75) is 32.1 Å². The summed E-state index contributed by atoms with van der Waals surface area (Å²) in [4.78, 5) is 31.5. The number of carbonyl (C=O) groups is 1. The molecule has 2 aliphatic heterocycles. The number of rotatable bonds is 5. The van der Waals surface area contributed by atoms with Crippen LogP contribution < -0.4 is 10.5 Å². The number of thioether (sulfide) groups is 1. The Morgan fingerprint density at radius 3 is 2.37 bits per heavy atom. The number of pyridine rings is 1. The van der Waals surface area contributed by atoms with Gasteiger partial charge in [0.2, 0.25) is 0 Å². The zero-order valence-corrected chi connectivity index (χ0v) is 21.5. The van der Waals surface area contributed by atoms with Crippen molar-refractivity contribution in [3.8, 4) is 0 Å². The molecule has 2 aliphatic rings. The number of amides is 1. The molecule has 2 saturated heterocycles. The Labute approximate surface area is 215 Å². The number of aromatic nitrogens is 1. The van der Waals surface area contributed by atoms with E-state index in [4.69, 9.17) is 12.2 Å². The van der Waals surface area contributed by atoms with Crippen LogP contribution >= 0.6 is 24.0 Å². The van der Waals surface area contributed by atoms with Gasteiger partial charge in [-0.05, 0) is 37.0 Å². The third-order valence-electron chi connectivity index (χ3n) is 6.85. The molecule has 3 heterocycles. The van der Waals surface area contributed by atoms with E-state index in [2.05, 4.69) is 23.1 Å². The summed E-state index contributed by atoms with van der Waals surface area (Å²) in [6.07, 6.45) is 7.13. The van der Waals surface area contributed by atoms with Gasteiger partial charge in [0.25, 0.3) is 11.5 Å². The second-order valence-corrected chi connectivity index (χ2v) is 10.8. The molecule has 5 nitrogen and oxygen atoms in total. The van der Waals surface area contributed by atoms with Gasteiger partial charge in [-0.1, -0.05) is 85.4 Å². The number of thiocarbonyl (C=S) groups is 1. The van der Waals surface area contributed by atoms with Crippen molar-refractivity contribution in [3.05, 3.63) is 81.0 Å². The maximum Gasteiger partial charge on any atom is 0.266 e. The van der Waals surface area contributed by atoms with Gasteiger partial charge in [-0.2, -0.15) is 0 Å². The quantitative estimate of drug-likeness (QED) is 0.346. The second-order valence-electron chi connectivity index (χ2n) is 9.11. The second kappa shape index (κ2) is 10.4. The lowest BCUT2D eigenvalue weighted by molar-refractivity contribution is -0.122. The van der Waals surface area contributed by atoms with E-state index in [1.54, 1.807) is 22.6 Å². The Kier molecular flexibility index (Phi) is 7.07. The van der Waals surface area contributed by atoms with Crippen molar-refractivity contribution in [2.24, 2.45) is 7.05 Å². The van der Waals surface area contributed by atoms with Crippen LogP contribution in [0.2, 0.25) is 0 Å². The number of carbonyl (C=O) groups excluding carboxylic acids is 1. The molecule has 2 fully saturated rings. The predicted octanol–water partition coefficient (Wildman–Crippen LogP) is 5.36. The maximum absolute atomic E-state index is 13.6. The SMILES string of the molecule is Cn1c(=O)c(C=C2SC(=S)N(CCc3ccccc3)C2=O)c(N2CCCCCC2)c2ccccc21. The van der Waals surface area contributed by atoms with Crippen LogP contribution in [0.3, 0.4) is 0 Å². The van der Waals surface area contributed by atoms with Crippen molar-refractivity contribution in [1.82, 2.24) is 9.47 Å². The first-order valence-corrected chi connectivity index (χ1v) is 13.4. The van der Waals surface area contributed by atoms with E-state index < -0.39 is 0 Å². The van der Waals surface area contributed by atoms with Crippen LogP contribution in [0.15, 0.2) is 64.3 Å². The molecule has 0 aliphatic carbocycles. The van der Waals surface area contributed by atoms with Gasteiger partial charge in [0.1, 0.15) is 4.32 Å². The number of hydrogen-bond acceptors (Lipinski definition) is 5. The number of para-hydroxylation sites is 1. The predicted molar refractivity (Wildman–Crippen MR) is 150 cm³/mol. The summed E-state index contributed by atoms with van der Waals surface area (Å²) in [5.74, 6) is -0.118. The van der Waals surface area contributed by atoms with E-state index in [0.717, 1.165) is 54.5 Å². The summed E-state index contributed by atoms with van der Waals surface area (Å²) in [5.41, 5.74) is 3.51. The van der Waals surface area contributed by atoms with Crippen LogP contribution in [-0.4, -0.2) is 39.3 Å².